The normalized spacial score (nSPS) is 16.2. The minimum atomic E-state index is 0.0226. The number of carbonyl (C=O) groups is 1. The van der Waals surface area contributed by atoms with Crippen LogP contribution >= 0.6 is 11.6 Å². The van der Waals surface area contributed by atoms with Gasteiger partial charge in [0, 0.05) is 23.0 Å². The minimum absolute atomic E-state index is 0.0226. The van der Waals surface area contributed by atoms with Crippen LogP contribution in [0.2, 0.25) is 5.02 Å². The Kier molecular flexibility index (Phi) is 6.73. The molecule has 1 N–H and O–H groups in total. The Labute approximate surface area is 188 Å². The van der Waals surface area contributed by atoms with Crippen molar-refractivity contribution in [1.82, 2.24) is 15.2 Å². The lowest BCUT2D eigenvalue weighted by atomic mass is 9.95. The van der Waals surface area contributed by atoms with Crippen molar-refractivity contribution in [2.45, 2.75) is 39.3 Å². The van der Waals surface area contributed by atoms with Crippen LogP contribution in [-0.4, -0.2) is 28.9 Å². The molecule has 0 aliphatic carbocycles. The standard InChI is InChI=1S/C25H28ClN3O2/c1-17(19-7-4-3-5-8-19)27-24(30)20-11-13-29(14-12-20)16-23-18(2)31-25(28-23)21-9-6-10-22(26)15-21/h3-10,15,17,20H,11-14,16H2,1-2H3,(H,27,30)/t17-/m0/s1. The number of halogens is 1. The molecule has 162 valence electrons. The van der Waals surface area contributed by atoms with Crippen LogP contribution in [0.5, 0.6) is 0 Å². The van der Waals surface area contributed by atoms with E-state index < -0.39 is 0 Å². The summed E-state index contributed by atoms with van der Waals surface area (Å²) in [5, 5.41) is 3.83. The molecule has 1 aliphatic heterocycles. The number of amides is 1. The molecule has 2 aromatic carbocycles. The minimum Gasteiger partial charge on any atom is -0.441 e. The highest BCUT2D eigenvalue weighted by molar-refractivity contribution is 6.30. The maximum Gasteiger partial charge on any atom is 0.226 e. The summed E-state index contributed by atoms with van der Waals surface area (Å²) in [6, 6.07) is 17.6. The molecular formula is C25H28ClN3O2. The Morgan fingerprint density at radius 1 is 1.19 bits per heavy atom. The van der Waals surface area contributed by atoms with Gasteiger partial charge in [-0.1, -0.05) is 48.0 Å². The third kappa shape index (κ3) is 5.35. The molecule has 0 unspecified atom stereocenters. The Bertz CT molecular complexity index is 1030. The molecule has 0 bridgehead atoms. The second kappa shape index (κ2) is 9.67. The van der Waals surface area contributed by atoms with Gasteiger partial charge in [0.2, 0.25) is 11.8 Å². The molecule has 1 amide bonds. The number of aromatic nitrogens is 1. The number of hydrogen-bond acceptors (Lipinski definition) is 4. The van der Waals surface area contributed by atoms with Crippen molar-refractivity contribution in [3.8, 4) is 11.5 Å². The predicted octanol–water partition coefficient (Wildman–Crippen LogP) is 5.39. The first-order valence-corrected chi connectivity index (χ1v) is 11.2. The fourth-order valence-corrected chi connectivity index (χ4v) is 4.23. The van der Waals surface area contributed by atoms with E-state index in [9.17, 15) is 4.79 Å². The highest BCUT2D eigenvalue weighted by Crippen LogP contribution is 2.26. The molecule has 0 saturated carbocycles. The first-order chi connectivity index (χ1) is 15.0. The van der Waals surface area contributed by atoms with Gasteiger partial charge < -0.3 is 9.73 Å². The van der Waals surface area contributed by atoms with Gasteiger partial charge in [-0.15, -0.1) is 0 Å². The van der Waals surface area contributed by atoms with Gasteiger partial charge in [-0.05, 0) is 63.5 Å². The first-order valence-electron chi connectivity index (χ1n) is 10.8. The number of oxazole rings is 1. The van der Waals surface area contributed by atoms with E-state index in [1.807, 2.05) is 68.4 Å². The van der Waals surface area contributed by atoms with E-state index in [2.05, 4.69) is 10.2 Å². The van der Waals surface area contributed by atoms with Crippen molar-refractivity contribution in [3.05, 3.63) is 76.6 Å². The van der Waals surface area contributed by atoms with E-state index in [-0.39, 0.29) is 17.9 Å². The summed E-state index contributed by atoms with van der Waals surface area (Å²) >= 11 is 6.09. The molecule has 1 atom stereocenters. The van der Waals surface area contributed by atoms with Gasteiger partial charge in [0.25, 0.3) is 0 Å². The Balaban J connectivity index is 1.31. The van der Waals surface area contributed by atoms with E-state index in [1.54, 1.807) is 0 Å². The van der Waals surface area contributed by atoms with Crippen LogP contribution in [0.25, 0.3) is 11.5 Å². The number of benzene rings is 2. The topological polar surface area (TPSA) is 58.4 Å². The number of nitrogens with one attached hydrogen (secondary N) is 1. The third-order valence-corrected chi connectivity index (χ3v) is 6.19. The molecule has 1 saturated heterocycles. The van der Waals surface area contributed by atoms with Crippen LogP contribution in [0.1, 0.15) is 42.8 Å². The zero-order chi connectivity index (χ0) is 21.8. The summed E-state index contributed by atoms with van der Waals surface area (Å²) in [7, 11) is 0. The van der Waals surface area contributed by atoms with Crippen LogP contribution in [0.4, 0.5) is 0 Å². The van der Waals surface area contributed by atoms with E-state index in [4.69, 9.17) is 21.0 Å². The molecule has 5 nitrogen and oxygen atoms in total. The number of rotatable bonds is 6. The molecule has 2 heterocycles. The van der Waals surface area contributed by atoms with Gasteiger partial charge in [-0.3, -0.25) is 9.69 Å². The fraction of sp³-hybridized carbons (Fsp3) is 0.360. The lowest BCUT2D eigenvalue weighted by Crippen LogP contribution is -2.41. The van der Waals surface area contributed by atoms with Crippen LogP contribution < -0.4 is 5.32 Å². The van der Waals surface area contributed by atoms with E-state index in [0.29, 0.717) is 10.9 Å². The molecular weight excluding hydrogens is 410 g/mol. The molecule has 3 aromatic rings. The van der Waals surface area contributed by atoms with Crippen LogP contribution in [-0.2, 0) is 11.3 Å². The van der Waals surface area contributed by atoms with Crippen LogP contribution in [0.3, 0.4) is 0 Å². The average molecular weight is 438 g/mol. The van der Waals surface area contributed by atoms with Crippen molar-refractivity contribution < 1.29 is 9.21 Å². The van der Waals surface area contributed by atoms with Gasteiger partial charge in [0.15, 0.2) is 0 Å². The third-order valence-electron chi connectivity index (χ3n) is 5.95. The Morgan fingerprint density at radius 3 is 2.65 bits per heavy atom. The zero-order valence-corrected chi connectivity index (χ0v) is 18.7. The van der Waals surface area contributed by atoms with Crippen LogP contribution in [0.15, 0.2) is 59.0 Å². The van der Waals surface area contributed by atoms with E-state index >= 15 is 0 Å². The maximum absolute atomic E-state index is 12.7. The Morgan fingerprint density at radius 2 is 1.94 bits per heavy atom. The maximum atomic E-state index is 12.7. The summed E-state index contributed by atoms with van der Waals surface area (Å²) in [6.45, 7) is 6.45. The number of hydrogen-bond donors (Lipinski definition) is 1. The highest BCUT2D eigenvalue weighted by Gasteiger charge is 2.27. The summed E-state index contributed by atoms with van der Waals surface area (Å²) in [5.41, 5.74) is 2.95. The van der Waals surface area contributed by atoms with Crippen LogP contribution in [0, 0.1) is 12.8 Å². The van der Waals surface area contributed by atoms with Gasteiger partial charge in [0.1, 0.15) is 5.76 Å². The molecule has 1 aromatic heterocycles. The summed E-state index contributed by atoms with van der Waals surface area (Å²) < 4.78 is 5.88. The van der Waals surface area contributed by atoms with Gasteiger partial charge in [-0.25, -0.2) is 4.98 Å². The second-order valence-corrected chi connectivity index (χ2v) is 8.66. The summed E-state index contributed by atoms with van der Waals surface area (Å²) in [6.07, 6.45) is 1.71. The molecule has 4 rings (SSSR count). The fourth-order valence-electron chi connectivity index (χ4n) is 4.04. The summed E-state index contributed by atoms with van der Waals surface area (Å²) in [5.74, 6) is 1.63. The SMILES string of the molecule is Cc1oc(-c2cccc(Cl)c2)nc1CN1CCC(C(=O)N[C@@H](C)c2ccccc2)CC1. The monoisotopic (exact) mass is 437 g/mol. The van der Waals surface area contributed by atoms with Crippen molar-refractivity contribution >= 4 is 17.5 Å². The quantitative estimate of drug-likeness (QED) is 0.561. The predicted molar refractivity (Wildman–Crippen MR) is 123 cm³/mol. The number of likely N-dealkylation sites (tertiary alicyclic amines) is 1. The molecule has 6 heteroatoms. The zero-order valence-electron chi connectivity index (χ0n) is 18.0. The average Bonchev–Trinajstić information content (AvgIpc) is 3.15. The van der Waals surface area contributed by atoms with Gasteiger partial charge in [-0.2, -0.15) is 0 Å². The molecule has 0 spiro atoms. The molecule has 1 aliphatic rings. The number of aryl methyl sites for hydroxylation is 1. The van der Waals surface area contributed by atoms with Crippen molar-refractivity contribution in [2.75, 3.05) is 13.1 Å². The highest BCUT2D eigenvalue weighted by atomic mass is 35.5. The lowest BCUT2D eigenvalue weighted by molar-refractivity contribution is -0.127. The molecule has 1 fully saturated rings. The van der Waals surface area contributed by atoms with Gasteiger partial charge >= 0.3 is 0 Å². The largest absolute Gasteiger partial charge is 0.441 e. The number of nitrogens with zero attached hydrogens (tertiary/aromatic N) is 2. The van der Waals surface area contributed by atoms with Gasteiger partial charge in [0.05, 0.1) is 11.7 Å². The Hall–Kier alpha value is -2.63. The molecule has 31 heavy (non-hydrogen) atoms. The lowest BCUT2D eigenvalue weighted by Gasteiger charge is -2.31. The second-order valence-electron chi connectivity index (χ2n) is 8.22. The number of piperidine rings is 1. The van der Waals surface area contributed by atoms with Crippen molar-refractivity contribution in [2.24, 2.45) is 5.92 Å². The number of carbonyl (C=O) groups excluding carboxylic acids is 1. The van der Waals surface area contributed by atoms with Crippen molar-refractivity contribution in [1.29, 1.82) is 0 Å². The molecule has 0 radical (unpaired) electrons. The summed E-state index contributed by atoms with van der Waals surface area (Å²) in [4.78, 5) is 19.8. The van der Waals surface area contributed by atoms with Crippen molar-refractivity contribution in [3.63, 3.8) is 0 Å². The van der Waals surface area contributed by atoms with E-state index in [0.717, 1.165) is 55.1 Å². The first kappa shape index (κ1) is 21.6. The smallest absolute Gasteiger partial charge is 0.226 e. The van der Waals surface area contributed by atoms with E-state index in [1.165, 1.54) is 0 Å².